The Labute approximate surface area is 157 Å². The Kier molecular flexibility index (Phi) is 4.15. The number of aliphatic hydroxyl groups is 1. The molecule has 1 unspecified atom stereocenters. The number of alkyl halides is 3. The van der Waals surface area contributed by atoms with E-state index in [4.69, 9.17) is 0 Å². The molecule has 148 valence electrons. The maximum absolute atomic E-state index is 12.9. The van der Waals surface area contributed by atoms with Gasteiger partial charge in [0.25, 0.3) is 0 Å². The molecule has 1 aromatic rings. The Hall–Kier alpha value is -1.56. The van der Waals surface area contributed by atoms with Crippen molar-refractivity contribution in [3.8, 4) is 0 Å². The average molecular weight is 381 g/mol. The van der Waals surface area contributed by atoms with Gasteiger partial charge in [0.05, 0.1) is 11.2 Å². The van der Waals surface area contributed by atoms with Crippen LogP contribution in [0.1, 0.15) is 61.6 Å². The fourth-order valence-corrected chi connectivity index (χ4v) is 5.42. The first-order chi connectivity index (χ1) is 12.5. The summed E-state index contributed by atoms with van der Waals surface area (Å²) in [6, 6.07) is 4.08. The first-order valence-electron chi connectivity index (χ1n) is 9.67. The van der Waals surface area contributed by atoms with Crippen LogP contribution in [-0.4, -0.2) is 34.6 Å². The van der Waals surface area contributed by atoms with E-state index in [1.165, 1.54) is 12.1 Å². The predicted molar refractivity (Wildman–Crippen MR) is 95.1 cm³/mol. The maximum atomic E-state index is 12.9. The summed E-state index contributed by atoms with van der Waals surface area (Å²) in [6.45, 7) is 5.03. The predicted octanol–water partition coefficient (Wildman–Crippen LogP) is 4.27. The van der Waals surface area contributed by atoms with Gasteiger partial charge in [-0.1, -0.05) is 6.07 Å². The molecule has 1 atom stereocenters. The van der Waals surface area contributed by atoms with Crippen LogP contribution in [0.3, 0.4) is 0 Å². The lowest BCUT2D eigenvalue weighted by atomic mass is 9.69. The summed E-state index contributed by atoms with van der Waals surface area (Å²) in [5.74, 6) is 0.377. The third-order valence-corrected chi connectivity index (χ3v) is 6.83. The van der Waals surface area contributed by atoms with Gasteiger partial charge in [-0.15, -0.1) is 0 Å². The minimum absolute atomic E-state index is 0.0493. The number of rotatable bonds is 2. The number of hydrogen-bond acceptors (Lipinski definition) is 2. The lowest BCUT2D eigenvalue weighted by Crippen LogP contribution is -2.61. The molecule has 1 heterocycles. The van der Waals surface area contributed by atoms with E-state index >= 15 is 0 Å². The van der Waals surface area contributed by atoms with E-state index < -0.39 is 17.3 Å². The number of benzene rings is 1. The normalized spacial score (nSPS) is 32.3. The Morgan fingerprint density at radius 1 is 1.22 bits per heavy atom. The molecule has 4 rings (SSSR count). The maximum Gasteiger partial charge on any atom is 0.416 e. The molecule has 3 aliphatic rings. The van der Waals surface area contributed by atoms with Crippen LogP contribution in [0.5, 0.6) is 0 Å². The van der Waals surface area contributed by atoms with Gasteiger partial charge < -0.3 is 10.0 Å². The van der Waals surface area contributed by atoms with Crippen molar-refractivity contribution in [1.29, 1.82) is 0 Å². The number of hydrogen-bond donors (Lipinski definition) is 1. The molecule has 0 bridgehead atoms. The van der Waals surface area contributed by atoms with Crippen LogP contribution in [0.2, 0.25) is 0 Å². The highest BCUT2D eigenvalue weighted by atomic mass is 19.4. The summed E-state index contributed by atoms with van der Waals surface area (Å²) in [5, 5.41) is 9.83. The van der Waals surface area contributed by atoms with Gasteiger partial charge in [-0.3, -0.25) is 4.79 Å². The van der Waals surface area contributed by atoms with Crippen LogP contribution >= 0.6 is 0 Å². The molecule has 1 saturated heterocycles. The van der Waals surface area contributed by atoms with E-state index in [0.717, 1.165) is 37.9 Å². The molecular formula is C21H26F3NO2. The largest absolute Gasteiger partial charge is 0.416 e. The van der Waals surface area contributed by atoms with Gasteiger partial charge in [0.2, 0.25) is 5.91 Å². The van der Waals surface area contributed by atoms with Gasteiger partial charge in [-0.2, -0.15) is 13.2 Å². The number of halogens is 3. The van der Waals surface area contributed by atoms with Crippen molar-refractivity contribution in [2.45, 2.75) is 63.6 Å². The van der Waals surface area contributed by atoms with Gasteiger partial charge in [-0.25, -0.2) is 0 Å². The number of likely N-dealkylation sites (tertiary alicyclic amines) is 1. The van der Waals surface area contributed by atoms with Crippen molar-refractivity contribution in [2.75, 3.05) is 13.1 Å². The number of carbonyl (C=O) groups is 1. The number of carbonyl (C=O) groups excluding carboxylic acids is 1. The molecule has 1 amide bonds. The molecular weight excluding hydrogens is 355 g/mol. The molecule has 1 N–H and O–H groups in total. The van der Waals surface area contributed by atoms with Gasteiger partial charge in [-0.05, 0) is 75.1 Å². The zero-order valence-electron chi connectivity index (χ0n) is 15.8. The quantitative estimate of drug-likeness (QED) is 0.831. The van der Waals surface area contributed by atoms with E-state index in [1.54, 1.807) is 19.9 Å². The van der Waals surface area contributed by atoms with E-state index in [2.05, 4.69) is 0 Å². The zero-order chi connectivity index (χ0) is 19.6. The van der Waals surface area contributed by atoms with Crippen molar-refractivity contribution >= 4 is 5.91 Å². The third-order valence-electron chi connectivity index (χ3n) is 6.83. The highest BCUT2D eigenvalue weighted by molar-refractivity contribution is 5.81. The van der Waals surface area contributed by atoms with Gasteiger partial charge in [0.15, 0.2) is 0 Å². The average Bonchev–Trinajstić information content (AvgIpc) is 2.94. The highest BCUT2D eigenvalue weighted by Gasteiger charge is 2.53. The summed E-state index contributed by atoms with van der Waals surface area (Å²) >= 11 is 0. The van der Waals surface area contributed by atoms with Gasteiger partial charge >= 0.3 is 6.18 Å². The molecule has 2 aliphatic carbocycles. The van der Waals surface area contributed by atoms with Crippen LogP contribution in [0, 0.1) is 18.3 Å². The molecule has 3 nitrogen and oxygen atoms in total. The van der Waals surface area contributed by atoms with Crippen LogP contribution in [0.15, 0.2) is 18.2 Å². The second-order valence-electron chi connectivity index (χ2n) is 9.31. The Bertz CT molecular complexity index is 757. The molecule has 2 saturated carbocycles. The van der Waals surface area contributed by atoms with E-state index in [1.807, 2.05) is 4.90 Å². The molecule has 1 aliphatic heterocycles. The Morgan fingerprint density at radius 2 is 1.89 bits per heavy atom. The first kappa shape index (κ1) is 18.8. The SMILES string of the molecule is Cc1cc(C(F)(F)F)ccc1C1CCC2(C1)CN(C(=O)C1CC(C)(O)C1)C2. The second-order valence-corrected chi connectivity index (χ2v) is 9.31. The molecule has 6 heteroatoms. The minimum Gasteiger partial charge on any atom is -0.390 e. The summed E-state index contributed by atoms with van der Waals surface area (Å²) in [7, 11) is 0. The zero-order valence-corrected chi connectivity index (χ0v) is 15.8. The van der Waals surface area contributed by atoms with E-state index in [-0.39, 0.29) is 23.2 Å². The second kappa shape index (κ2) is 5.97. The smallest absolute Gasteiger partial charge is 0.390 e. The number of nitrogens with zero attached hydrogens (tertiary/aromatic N) is 1. The fraction of sp³-hybridized carbons (Fsp3) is 0.667. The standard InChI is InChI=1S/C21H26F3NO2/c1-13-7-16(21(22,23)24)3-4-17(13)14-5-6-20(10-14)11-25(12-20)18(26)15-8-19(2,27)9-15/h3-4,7,14-15,27H,5-6,8-12H2,1-2H3. The van der Waals surface area contributed by atoms with Crippen molar-refractivity contribution < 1.29 is 23.1 Å². The van der Waals surface area contributed by atoms with Crippen molar-refractivity contribution in [3.05, 3.63) is 34.9 Å². The van der Waals surface area contributed by atoms with Crippen LogP contribution < -0.4 is 0 Å². The topological polar surface area (TPSA) is 40.5 Å². The van der Waals surface area contributed by atoms with Crippen LogP contribution in [0.4, 0.5) is 13.2 Å². The molecule has 27 heavy (non-hydrogen) atoms. The third kappa shape index (κ3) is 3.37. The van der Waals surface area contributed by atoms with Crippen molar-refractivity contribution in [3.63, 3.8) is 0 Å². The monoisotopic (exact) mass is 381 g/mol. The highest BCUT2D eigenvalue weighted by Crippen LogP contribution is 2.53. The van der Waals surface area contributed by atoms with E-state index in [0.29, 0.717) is 18.4 Å². The lowest BCUT2D eigenvalue weighted by Gasteiger charge is -2.52. The van der Waals surface area contributed by atoms with Crippen molar-refractivity contribution in [1.82, 2.24) is 4.90 Å². The summed E-state index contributed by atoms with van der Waals surface area (Å²) < 4.78 is 38.6. The van der Waals surface area contributed by atoms with Gasteiger partial charge in [0, 0.05) is 24.4 Å². The first-order valence-corrected chi connectivity index (χ1v) is 9.67. The minimum atomic E-state index is -4.30. The number of amides is 1. The summed E-state index contributed by atoms with van der Waals surface area (Å²) in [6.07, 6.45) is -0.297. The molecule has 3 fully saturated rings. The van der Waals surface area contributed by atoms with Gasteiger partial charge in [0.1, 0.15) is 0 Å². The molecule has 0 radical (unpaired) electrons. The lowest BCUT2D eigenvalue weighted by molar-refractivity contribution is -0.161. The summed E-state index contributed by atoms with van der Waals surface area (Å²) in [5.41, 5.74) is 0.562. The molecule has 1 spiro atoms. The van der Waals surface area contributed by atoms with E-state index in [9.17, 15) is 23.1 Å². The Balaban J connectivity index is 1.37. The van der Waals surface area contributed by atoms with Crippen LogP contribution in [-0.2, 0) is 11.0 Å². The fourth-order valence-electron chi connectivity index (χ4n) is 5.42. The van der Waals surface area contributed by atoms with Crippen molar-refractivity contribution in [2.24, 2.45) is 11.3 Å². The van der Waals surface area contributed by atoms with Crippen LogP contribution in [0.25, 0.3) is 0 Å². The molecule has 1 aromatic carbocycles. The summed E-state index contributed by atoms with van der Waals surface area (Å²) in [4.78, 5) is 14.4. The molecule has 0 aromatic heterocycles. The number of aryl methyl sites for hydroxylation is 1. The Morgan fingerprint density at radius 3 is 2.44 bits per heavy atom.